The largest absolute Gasteiger partial charge is 0.385 e. The van der Waals surface area contributed by atoms with E-state index in [0.717, 1.165) is 24.8 Å². The fourth-order valence-corrected chi connectivity index (χ4v) is 3.17. The average molecular weight is 292 g/mol. The summed E-state index contributed by atoms with van der Waals surface area (Å²) in [4.78, 5) is 0. The lowest BCUT2D eigenvalue weighted by molar-refractivity contribution is -0.168. The lowest BCUT2D eigenvalue weighted by Crippen LogP contribution is -2.44. The second-order valence-corrected chi connectivity index (χ2v) is 6.36. The zero-order chi connectivity index (χ0) is 15.3. The van der Waals surface area contributed by atoms with E-state index in [1.165, 1.54) is 5.56 Å². The van der Waals surface area contributed by atoms with Gasteiger partial charge in [-0.05, 0) is 30.4 Å². The lowest BCUT2D eigenvalue weighted by atomic mass is 9.83. The number of hydrogen-bond acceptors (Lipinski definition) is 3. The molecule has 3 nitrogen and oxygen atoms in total. The Balaban J connectivity index is 2.21. The van der Waals surface area contributed by atoms with Crippen LogP contribution in [0, 0.1) is 5.92 Å². The summed E-state index contributed by atoms with van der Waals surface area (Å²) in [6, 6.07) is 8.30. The standard InChI is InChI=1S/C18H28O3/c1-4-21-18(8-10-20-11-9-18)17(19)16-7-5-6-15(13-16)12-14(2)3/h5-7,13-14,17,19H,4,8-12H2,1-3H3. The second-order valence-electron chi connectivity index (χ2n) is 6.36. The van der Waals surface area contributed by atoms with Gasteiger partial charge in [0.2, 0.25) is 0 Å². The van der Waals surface area contributed by atoms with Crippen molar-refractivity contribution in [1.29, 1.82) is 0 Å². The molecule has 1 fully saturated rings. The third kappa shape index (κ3) is 4.06. The average Bonchev–Trinajstić information content (AvgIpc) is 2.47. The van der Waals surface area contributed by atoms with E-state index in [9.17, 15) is 5.11 Å². The molecule has 0 aromatic heterocycles. The smallest absolute Gasteiger partial charge is 0.108 e. The predicted molar refractivity (Wildman–Crippen MR) is 84.4 cm³/mol. The van der Waals surface area contributed by atoms with Crippen molar-refractivity contribution in [1.82, 2.24) is 0 Å². The zero-order valence-corrected chi connectivity index (χ0v) is 13.5. The van der Waals surface area contributed by atoms with Gasteiger partial charge in [-0.1, -0.05) is 38.1 Å². The summed E-state index contributed by atoms with van der Waals surface area (Å²) in [5.41, 5.74) is 1.74. The van der Waals surface area contributed by atoms with Crippen LogP contribution < -0.4 is 0 Å². The summed E-state index contributed by atoms with van der Waals surface area (Å²) >= 11 is 0. The summed E-state index contributed by atoms with van der Waals surface area (Å²) in [6.07, 6.45) is 1.94. The van der Waals surface area contributed by atoms with Crippen LogP contribution >= 0.6 is 0 Å². The molecule has 1 aromatic carbocycles. The molecule has 0 aliphatic carbocycles. The Kier molecular flexibility index (Phi) is 5.80. The normalized spacial score (nSPS) is 19.7. The molecule has 2 rings (SSSR count). The molecular weight excluding hydrogens is 264 g/mol. The van der Waals surface area contributed by atoms with Gasteiger partial charge in [-0.25, -0.2) is 0 Å². The predicted octanol–water partition coefficient (Wildman–Crippen LogP) is 3.50. The maximum Gasteiger partial charge on any atom is 0.108 e. The van der Waals surface area contributed by atoms with Gasteiger partial charge in [0, 0.05) is 32.7 Å². The molecule has 21 heavy (non-hydrogen) atoms. The molecule has 3 heteroatoms. The first kappa shape index (κ1) is 16.5. The maximum atomic E-state index is 10.9. The van der Waals surface area contributed by atoms with Crippen molar-refractivity contribution in [3.8, 4) is 0 Å². The SMILES string of the molecule is CCOC1(C(O)c2cccc(CC(C)C)c2)CCOCC1. The molecule has 1 heterocycles. The van der Waals surface area contributed by atoms with Gasteiger partial charge >= 0.3 is 0 Å². The van der Waals surface area contributed by atoms with Crippen LogP contribution in [-0.2, 0) is 15.9 Å². The van der Waals surface area contributed by atoms with Gasteiger partial charge in [-0.15, -0.1) is 0 Å². The molecular formula is C18H28O3. The van der Waals surface area contributed by atoms with Gasteiger partial charge in [0.25, 0.3) is 0 Å². The van der Waals surface area contributed by atoms with Crippen molar-refractivity contribution < 1.29 is 14.6 Å². The highest BCUT2D eigenvalue weighted by molar-refractivity contribution is 5.27. The Morgan fingerprint density at radius 3 is 2.62 bits per heavy atom. The molecule has 1 saturated heterocycles. The molecule has 1 N–H and O–H groups in total. The van der Waals surface area contributed by atoms with Crippen LogP contribution in [0.1, 0.15) is 50.8 Å². The maximum absolute atomic E-state index is 10.9. The van der Waals surface area contributed by atoms with E-state index >= 15 is 0 Å². The second kappa shape index (κ2) is 7.39. The summed E-state index contributed by atoms with van der Waals surface area (Å²) in [5, 5.41) is 10.9. The molecule has 0 saturated carbocycles. The van der Waals surface area contributed by atoms with Crippen molar-refractivity contribution in [3.05, 3.63) is 35.4 Å². The third-order valence-electron chi connectivity index (χ3n) is 4.18. The Morgan fingerprint density at radius 1 is 1.29 bits per heavy atom. The molecule has 1 aromatic rings. The zero-order valence-electron chi connectivity index (χ0n) is 13.5. The number of aliphatic hydroxyl groups is 1. The van der Waals surface area contributed by atoms with Crippen LogP contribution in [0.15, 0.2) is 24.3 Å². The van der Waals surface area contributed by atoms with E-state index in [4.69, 9.17) is 9.47 Å². The molecule has 1 unspecified atom stereocenters. The van der Waals surface area contributed by atoms with Crippen molar-refractivity contribution in [2.45, 2.75) is 51.7 Å². The quantitative estimate of drug-likeness (QED) is 0.872. The molecule has 0 bridgehead atoms. The molecule has 0 radical (unpaired) electrons. The van der Waals surface area contributed by atoms with E-state index in [2.05, 4.69) is 26.0 Å². The number of ether oxygens (including phenoxy) is 2. The van der Waals surface area contributed by atoms with Crippen LogP contribution in [-0.4, -0.2) is 30.5 Å². The fraction of sp³-hybridized carbons (Fsp3) is 0.667. The fourth-order valence-electron chi connectivity index (χ4n) is 3.17. The van der Waals surface area contributed by atoms with Crippen molar-refractivity contribution >= 4 is 0 Å². The third-order valence-corrected chi connectivity index (χ3v) is 4.18. The number of rotatable bonds is 6. The van der Waals surface area contributed by atoms with E-state index in [0.29, 0.717) is 25.7 Å². The number of hydrogen-bond donors (Lipinski definition) is 1. The van der Waals surface area contributed by atoms with Gasteiger partial charge < -0.3 is 14.6 Å². The van der Waals surface area contributed by atoms with Crippen molar-refractivity contribution in [3.63, 3.8) is 0 Å². The Hall–Kier alpha value is -0.900. The summed E-state index contributed by atoms with van der Waals surface area (Å²) in [6.45, 7) is 8.33. The van der Waals surface area contributed by atoms with Gasteiger partial charge in [0.1, 0.15) is 11.7 Å². The molecule has 1 aliphatic rings. The lowest BCUT2D eigenvalue weighted by Gasteiger charge is -2.40. The van der Waals surface area contributed by atoms with E-state index in [1.807, 2.05) is 19.1 Å². The Bertz CT molecular complexity index is 430. The van der Waals surface area contributed by atoms with Crippen LogP contribution in [0.2, 0.25) is 0 Å². The molecule has 118 valence electrons. The van der Waals surface area contributed by atoms with E-state index in [1.54, 1.807) is 0 Å². The Labute approximate surface area is 128 Å². The minimum Gasteiger partial charge on any atom is -0.385 e. The first-order valence-corrected chi connectivity index (χ1v) is 8.06. The summed E-state index contributed by atoms with van der Waals surface area (Å²) in [5.74, 6) is 0.612. The van der Waals surface area contributed by atoms with Gasteiger partial charge in [0.05, 0.1) is 0 Å². The number of benzene rings is 1. The first-order chi connectivity index (χ1) is 10.1. The topological polar surface area (TPSA) is 38.7 Å². The van der Waals surface area contributed by atoms with Gasteiger partial charge in [-0.3, -0.25) is 0 Å². The highest BCUT2D eigenvalue weighted by atomic mass is 16.5. The van der Waals surface area contributed by atoms with Crippen LogP contribution in [0.3, 0.4) is 0 Å². The van der Waals surface area contributed by atoms with Crippen molar-refractivity contribution in [2.24, 2.45) is 5.92 Å². The van der Waals surface area contributed by atoms with Crippen LogP contribution in [0.25, 0.3) is 0 Å². The molecule has 0 spiro atoms. The highest BCUT2D eigenvalue weighted by Gasteiger charge is 2.41. The van der Waals surface area contributed by atoms with Crippen molar-refractivity contribution in [2.75, 3.05) is 19.8 Å². The van der Waals surface area contributed by atoms with Gasteiger partial charge in [-0.2, -0.15) is 0 Å². The minimum absolute atomic E-state index is 0.497. The van der Waals surface area contributed by atoms with E-state index < -0.39 is 11.7 Å². The summed E-state index contributed by atoms with van der Waals surface area (Å²) < 4.78 is 11.4. The van der Waals surface area contributed by atoms with E-state index in [-0.39, 0.29) is 0 Å². The van der Waals surface area contributed by atoms with Gasteiger partial charge in [0.15, 0.2) is 0 Å². The summed E-state index contributed by atoms with van der Waals surface area (Å²) in [7, 11) is 0. The molecule has 0 amide bonds. The Morgan fingerprint density at radius 2 is 2.00 bits per heavy atom. The molecule has 1 aliphatic heterocycles. The molecule has 1 atom stereocenters. The minimum atomic E-state index is -0.589. The van der Waals surface area contributed by atoms with Crippen LogP contribution in [0.4, 0.5) is 0 Å². The van der Waals surface area contributed by atoms with Crippen LogP contribution in [0.5, 0.6) is 0 Å². The highest BCUT2D eigenvalue weighted by Crippen LogP contribution is 2.38. The monoisotopic (exact) mass is 292 g/mol. The number of aliphatic hydroxyl groups excluding tert-OH is 1. The first-order valence-electron chi connectivity index (χ1n) is 8.06.